The fourth-order valence-corrected chi connectivity index (χ4v) is 1.43. The largest absolute Gasteiger partial charge is 0.314 e. The van der Waals surface area contributed by atoms with Gasteiger partial charge in [0.1, 0.15) is 0 Å². The van der Waals surface area contributed by atoms with Crippen LogP contribution in [-0.2, 0) is 6.54 Å². The standard InChI is InChI=1S/C9H12BrNO/c1-7(2)6-11-5-3-4-8(10)9(11)12/h3-5,7H,6H2,1-2H3. The molecule has 1 aromatic rings. The first-order valence-corrected chi connectivity index (χ1v) is 4.75. The molecule has 0 fully saturated rings. The van der Waals surface area contributed by atoms with Crippen LogP contribution in [0.25, 0.3) is 0 Å². The van der Waals surface area contributed by atoms with Crippen LogP contribution in [0.1, 0.15) is 13.8 Å². The third-order valence-electron chi connectivity index (χ3n) is 1.54. The number of hydrogen-bond donors (Lipinski definition) is 0. The second-order valence-electron chi connectivity index (χ2n) is 3.21. The van der Waals surface area contributed by atoms with Crippen LogP contribution in [0, 0.1) is 5.92 Å². The van der Waals surface area contributed by atoms with Crippen LogP contribution in [0.15, 0.2) is 27.6 Å². The summed E-state index contributed by atoms with van der Waals surface area (Å²) in [7, 11) is 0. The van der Waals surface area contributed by atoms with Gasteiger partial charge >= 0.3 is 0 Å². The summed E-state index contributed by atoms with van der Waals surface area (Å²) in [5, 5.41) is 0. The Kier molecular flexibility index (Phi) is 3.09. The molecule has 1 rings (SSSR count). The molecule has 0 aliphatic rings. The Morgan fingerprint density at radius 1 is 1.58 bits per heavy atom. The monoisotopic (exact) mass is 229 g/mol. The first-order chi connectivity index (χ1) is 5.61. The van der Waals surface area contributed by atoms with Gasteiger partial charge in [-0.3, -0.25) is 4.79 Å². The normalized spacial score (nSPS) is 10.7. The Balaban J connectivity index is 3.01. The van der Waals surface area contributed by atoms with Crippen molar-refractivity contribution in [3.63, 3.8) is 0 Å². The lowest BCUT2D eigenvalue weighted by molar-refractivity contribution is 0.510. The third-order valence-corrected chi connectivity index (χ3v) is 2.14. The molecule has 0 aliphatic heterocycles. The average molecular weight is 230 g/mol. The molecule has 0 aromatic carbocycles. The molecule has 1 heterocycles. The summed E-state index contributed by atoms with van der Waals surface area (Å²) in [5.41, 5.74) is 0.0474. The van der Waals surface area contributed by atoms with Crippen LogP contribution in [0.4, 0.5) is 0 Å². The van der Waals surface area contributed by atoms with Crippen molar-refractivity contribution < 1.29 is 0 Å². The van der Waals surface area contributed by atoms with Crippen molar-refractivity contribution in [2.75, 3.05) is 0 Å². The number of rotatable bonds is 2. The van der Waals surface area contributed by atoms with Crippen molar-refractivity contribution in [1.29, 1.82) is 0 Å². The molecular weight excluding hydrogens is 218 g/mol. The van der Waals surface area contributed by atoms with E-state index in [0.717, 1.165) is 6.54 Å². The van der Waals surface area contributed by atoms with Gasteiger partial charge in [0.25, 0.3) is 5.56 Å². The molecule has 0 radical (unpaired) electrons. The van der Waals surface area contributed by atoms with Crippen LogP contribution in [-0.4, -0.2) is 4.57 Å². The van der Waals surface area contributed by atoms with Gasteiger partial charge in [-0.05, 0) is 34.0 Å². The Morgan fingerprint density at radius 3 is 2.83 bits per heavy atom. The molecule has 2 nitrogen and oxygen atoms in total. The summed E-state index contributed by atoms with van der Waals surface area (Å²) < 4.78 is 2.35. The molecule has 1 aromatic heterocycles. The minimum atomic E-state index is 0.0474. The van der Waals surface area contributed by atoms with E-state index in [1.165, 1.54) is 0 Å². The van der Waals surface area contributed by atoms with E-state index in [0.29, 0.717) is 10.4 Å². The van der Waals surface area contributed by atoms with E-state index in [9.17, 15) is 4.79 Å². The molecular formula is C9H12BrNO. The number of pyridine rings is 1. The van der Waals surface area contributed by atoms with Crippen LogP contribution in [0.5, 0.6) is 0 Å². The van der Waals surface area contributed by atoms with E-state index in [-0.39, 0.29) is 5.56 Å². The average Bonchev–Trinajstić information content (AvgIpc) is 1.98. The molecule has 0 atom stereocenters. The van der Waals surface area contributed by atoms with Gasteiger partial charge in [0.05, 0.1) is 4.47 Å². The third kappa shape index (κ3) is 2.21. The topological polar surface area (TPSA) is 22.0 Å². The number of hydrogen-bond acceptors (Lipinski definition) is 1. The Morgan fingerprint density at radius 2 is 2.25 bits per heavy atom. The number of aromatic nitrogens is 1. The minimum absolute atomic E-state index is 0.0474. The van der Waals surface area contributed by atoms with Gasteiger partial charge in [-0.1, -0.05) is 13.8 Å². The van der Waals surface area contributed by atoms with Crippen molar-refractivity contribution in [3.05, 3.63) is 33.2 Å². The van der Waals surface area contributed by atoms with E-state index in [2.05, 4.69) is 29.8 Å². The summed E-state index contributed by atoms with van der Waals surface area (Å²) >= 11 is 3.20. The van der Waals surface area contributed by atoms with E-state index in [1.807, 2.05) is 12.3 Å². The van der Waals surface area contributed by atoms with Crippen molar-refractivity contribution >= 4 is 15.9 Å². The summed E-state index contributed by atoms with van der Waals surface area (Å²) in [6, 6.07) is 3.63. The maximum absolute atomic E-state index is 11.4. The van der Waals surface area contributed by atoms with Gasteiger partial charge in [0.15, 0.2) is 0 Å². The molecule has 0 unspecified atom stereocenters. The second kappa shape index (κ2) is 3.90. The zero-order valence-electron chi connectivity index (χ0n) is 7.25. The highest BCUT2D eigenvalue weighted by Crippen LogP contribution is 2.02. The van der Waals surface area contributed by atoms with Crippen molar-refractivity contribution in [2.45, 2.75) is 20.4 Å². The van der Waals surface area contributed by atoms with E-state index < -0.39 is 0 Å². The molecule has 0 bridgehead atoms. The molecule has 0 saturated heterocycles. The Bertz CT molecular complexity index is 317. The van der Waals surface area contributed by atoms with Crippen LogP contribution < -0.4 is 5.56 Å². The lowest BCUT2D eigenvalue weighted by Gasteiger charge is -2.07. The highest BCUT2D eigenvalue weighted by molar-refractivity contribution is 9.10. The summed E-state index contributed by atoms with van der Waals surface area (Å²) in [5.74, 6) is 0.497. The first kappa shape index (κ1) is 9.52. The molecule has 0 amide bonds. The zero-order valence-corrected chi connectivity index (χ0v) is 8.84. The molecule has 66 valence electrons. The Hall–Kier alpha value is -0.570. The maximum atomic E-state index is 11.4. The summed E-state index contributed by atoms with van der Waals surface area (Å²) in [4.78, 5) is 11.4. The molecule has 0 saturated carbocycles. The predicted octanol–water partition coefficient (Wildman–Crippen LogP) is 2.27. The molecule has 0 N–H and O–H groups in total. The lowest BCUT2D eigenvalue weighted by Crippen LogP contribution is -2.21. The van der Waals surface area contributed by atoms with Crippen molar-refractivity contribution in [1.82, 2.24) is 4.57 Å². The van der Waals surface area contributed by atoms with E-state index >= 15 is 0 Å². The fourth-order valence-electron chi connectivity index (χ4n) is 1.04. The highest BCUT2D eigenvalue weighted by atomic mass is 79.9. The van der Waals surface area contributed by atoms with Gasteiger partial charge in [-0.25, -0.2) is 0 Å². The van der Waals surface area contributed by atoms with Crippen LogP contribution in [0.3, 0.4) is 0 Å². The first-order valence-electron chi connectivity index (χ1n) is 3.96. The van der Waals surface area contributed by atoms with Gasteiger partial charge in [0, 0.05) is 12.7 Å². The SMILES string of the molecule is CC(C)Cn1cccc(Br)c1=O. The lowest BCUT2D eigenvalue weighted by atomic mass is 10.2. The summed E-state index contributed by atoms with van der Waals surface area (Å²) in [6.45, 7) is 4.96. The maximum Gasteiger partial charge on any atom is 0.264 e. The smallest absolute Gasteiger partial charge is 0.264 e. The van der Waals surface area contributed by atoms with Crippen LogP contribution >= 0.6 is 15.9 Å². The molecule has 12 heavy (non-hydrogen) atoms. The second-order valence-corrected chi connectivity index (χ2v) is 4.06. The highest BCUT2D eigenvalue weighted by Gasteiger charge is 2.00. The molecule has 0 aliphatic carbocycles. The van der Waals surface area contributed by atoms with Crippen molar-refractivity contribution in [2.24, 2.45) is 5.92 Å². The van der Waals surface area contributed by atoms with E-state index in [1.54, 1.807) is 10.6 Å². The quantitative estimate of drug-likeness (QED) is 0.763. The zero-order chi connectivity index (χ0) is 9.14. The molecule has 0 spiro atoms. The van der Waals surface area contributed by atoms with Gasteiger partial charge < -0.3 is 4.57 Å². The number of nitrogens with zero attached hydrogens (tertiary/aromatic N) is 1. The van der Waals surface area contributed by atoms with Gasteiger partial charge in [-0.15, -0.1) is 0 Å². The minimum Gasteiger partial charge on any atom is -0.314 e. The van der Waals surface area contributed by atoms with Crippen LogP contribution in [0.2, 0.25) is 0 Å². The number of halogens is 1. The van der Waals surface area contributed by atoms with Gasteiger partial charge in [-0.2, -0.15) is 0 Å². The van der Waals surface area contributed by atoms with E-state index in [4.69, 9.17) is 0 Å². The fraction of sp³-hybridized carbons (Fsp3) is 0.444. The van der Waals surface area contributed by atoms with Crippen molar-refractivity contribution in [3.8, 4) is 0 Å². The van der Waals surface area contributed by atoms with Gasteiger partial charge in [0.2, 0.25) is 0 Å². The molecule has 3 heteroatoms. The summed E-state index contributed by atoms with van der Waals surface area (Å²) in [6.07, 6.45) is 1.81. The Labute approximate surface area is 80.3 Å². The predicted molar refractivity (Wildman–Crippen MR) is 53.2 cm³/mol.